The summed E-state index contributed by atoms with van der Waals surface area (Å²) < 4.78 is 5.31. The van der Waals surface area contributed by atoms with Gasteiger partial charge in [-0.25, -0.2) is 0 Å². The van der Waals surface area contributed by atoms with E-state index in [1.807, 2.05) is 19.9 Å². The van der Waals surface area contributed by atoms with Gasteiger partial charge < -0.3 is 9.73 Å². The maximum absolute atomic E-state index is 10.7. The van der Waals surface area contributed by atoms with E-state index in [1.165, 1.54) is 12.1 Å². The highest BCUT2D eigenvalue weighted by molar-refractivity contribution is 5.56. The van der Waals surface area contributed by atoms with Gasteiger partial charge >= 0.3 is 0 Å². The summed E-state index contributed by atoms with van der Waals surface area (Å²) in [5.41, 5.74) is 2.86. The Morgan fingerprint density at radius 1 is 1.28 bits per heavy atom. The molecule has 18 heavy (non-hydrogen) atoms. The normalized spacial score (nSPS) is 10.3. The molecule has 0 unspecified atom stereocenters. The van der Waals surface area contributed by atoms with Crippen molar-refractivity contribution in [2.75, 3.05) is 5.32 Å². The first-order valence-electron chi connectivity index (χ1n) is 5.60. The highest BCUT2D eigenvalue weighted by atomic mass is 16.6. The van der Waals surface area contributed by atoms with Crippen molar-refractivity contribution in [2.45, 2.75) is 20.4 Å². The Morgan fingerprint density at radius 3 is 2.67 bits per heavy atom. The van der Waals surface area contributed by atoms with Crippen LogP contribution in [0.5, 0.6) is 0 Å². The second-order valence-corrected chi connectivity index (χ2v) is 4.14. The van der Waals surface area contributed by atoms with E-state index < -0.39 is 4.92 Å². The molecule has 1 heterocycles. The van der Waals surface area contributed by atoms with Gasteiger partial charge in [-0.1, -0.05) is 6.07 Å². The number of rotatable bonds is 4. The lowest BCUT2D eigenvalue weighted by Crippen LogP contribution is -2.02. The first-order valence-corrected chi connectivity index (χ1v) is 5.60. The third-order valence-electron chi connectivity index (χ3n) is 2.84. The van der Waals surface area contributed by atoms with E-state index >= 15 is 0 Å². The summed E-state index contributed by atoms with van der Waals surface area (Å²) in [7, 11) is 0. The van der Waals surface area contributed by atoms with Crippen LogP contribution >= 0.6 is 0 Å². The van der Waals surface area contributed by atoms with E-state index in [4.69, 9.17) is 4.42 Å². The molecular weight excluding hydrogens is 232 g/mol. The zero-order valence-electron chi connectivity index (χ0n) is 10.3. The van der Waals surface area contributed by atoms with E-state index in [9.17, 15) is 10.1 Å². The van der Waals surface area contributed by atoms with Gasteiger partial charge in [0.05, 0.1) is 17.7 Å². The molecular formula is C13H14N2O3. The van der Waals surface area contributed by atoms with Gasteiger partial charge in [-0.2, -0.15) is 0 Å². The van der Waals surface area contributed by atoms with Gasteiger partial charge in [0, 0.05) is 17.8 Å². The second-order valence-electron chi connectivity index (χ2n) is 4.14. The van der Waals surface area contributed by atoms with Crippen LogP contribution < -0.4 is 5.32 Å². The summed E-state index contributed by atoms with van der Waals surface area (Å²) in [5, 5.41) is 13.9. The summed E-state index contributed by atoms with van der Waals surface area (Å²) in [6, 6.07) is 6.65. The van der Waals surface area contributed by atoms with Gasteiger partial charge in [0.25, 0.3) is 5.69 Å². The van der Waals surface area contributed by atoms with Crippen LogP contribution in [0.25, 0.3) is 0 Å². The molecule has 0 atom stereocenters. The molecule has 0 amide bonds. The van der Waals surface area contributed by atoms with Gasteiger partial charge in [-0.05, 0) is 31.0 Å². The maximum Gasteiger partial charge on any atom is 0.271 e. The molecule has 0 radical (unpaired) electrons. The Kier molecular flexibility index (Phi) is 3.32. The highest BCUT2D eigenvalue weighted by Crippen LogP contribution is 2.22. The van der Waals surface area contributed by atoms with Crippen LogP contribution in [0.4, 0.5) is 11.4 Å². The number of nitro groups is 1. The second kappa shape index (κ2) is 4.91. The molecule has 2 aromatic rings. The Bertz CT molecular complexity index is 575. The van der Waals surface area contributed by atoms with Crippen molar-refractivity contribution < 1.29 is 9.34 Å². The number of anilines is 1. The number of benzene rings is 1. The fourth-order valence-electron chi connectivity index (χ4n) is 1.67. The summed E-state index contributed by atoms with van der Waals surface area (Å²) in [6.45, 7) is 4.38. The third kappa shape index (κ3) is 2.51. The topological polar surface area (TPSA) is 68.3 Å². The van der Waals surface area contributed by atoms with Crippen LogP contribution in [-0.2, 0) is 6.54 Å². The molecule has 1 aromatic heterocycles. The van der Waals surface area contributed by atoms with E-state index in [2.05, 4.69) is 5.32 Å². The van der Waals surface area contributed by atoms with E-state index in [1.54, 1.807) is 12.3 Å². The zero-order valence-corrected chi connectivity index (χ0v) is 10.3. The summed E-state index contributed by atoms with van der Waals surface area (Å²) >= 11 is 0. The molecule has 0 bridgehead atoms. The van der Waals surface area contributed by atoms with Crippen molar-refractivity contribution in [2.24, 2.45) is 0 Å². The fourth-order valence-corrected chi connectivity index (χ4v) is 1.67. The number of nitrogens with zero attached hydrogens (tertiary/aromatic N) is 1. The predicted octanol–water partition coefficient (Wildman–Crippen LogP) is 3.42. The van der Waals surface area contributed by atoms with Crippen LogP contribution in [0.1, 0.15) is 16.9 Å². The highest BCUT2D eigenvalue weighted by Gasteiger charge is 2.09. The Labute approximate surface area is 105 Å². The Balaban J connectivity index is 2.16. The Morgan fingerprint density at radius 2 is 2.06 bits per heavy atom. The molecule has 0 saturated heterocycles. The predicted molar refractivity (Wildman–Crippen MR) is 68.6 cm³/mol. The minimum absolute atomic E-state index is 0.0827. The van der Waals surface area contributed by atoms with E-state index in [-0.39, 0.29) is 5.69 Å². The Hall–Kier alpha value is -2.30. The number of aryl methyl sites for hydroxylation is 2. The molecule has 0 aliphatic heterocycles. The van der Waals surface area contributed by atoms with Crippen LogP contribution in [0.15, 0.2) is 34.9 Å². The molecule has 5 nitrogen and oxygen atoms in total. The molecule has 5 heteroatoms. The summed E-state index contributed by atoms with van der Waals surface area (Å²) in [5.74, 6) is 0.834. The van der Waals surface area contributed by atoms with Crippen molar-refractivity contribution in [3.8, 4) is 0 Å². The van der Waals surface area contributed by atoms with Crippen LogP contribution in [-0.4, -0.2) is 4.92 Å². The van der Waals surface area contributed by atoms with Gasteiger partial charge in [-0.15, -0.1) is 0 Å². The first kappa shape index (κ1) is 12.2. The molecule has 0 aliphatic rings. The molecule has 2 rings (SSSR count). The standard InChI is InChI=1S/C13H14N2O3/c1-9-3-4-11(15(16)17)7-12(9)14-8-13-10(2)5-6-18-13/h3-7,14H,8H2,1-2H3. The van der Waals surface area contributed by atoms with Crippen molar-refractivity contribution in [1.29, 1.82) is 0 Å². The SMILES string of the molecule is Cc1ccc([N+](=O)[O-])cc1NCc1occc1C. The summed E-state index contributed by atoms with van der Waals surface area (Å²) in [6.07, 6.45) is 1.63. The number of hydrogen-bond donors (Lipinski definition) is 1. The molecule has 1 aromatic carbocycles. The van der Waals surface area contributed by atoms with Crippen molar-refractivity contribution >= 4 is 11.4 Å². The van der Waals surface area contributed by atoms with Crippen molar-refractivity contribution in [3.05, 3.63) is 57.5 Å². The third-order valence-corrected chi connectivity index (χ3v) is 2.84. The van der Waals surface area contributed by atoms with Crippen LogP contribution in [0.2, 0.25) is 0 Å². The first-order chi connectivity index (χ1) is 8.58. The van der Waals surface area contributed by atoms with Crippen molar-refractivity contribution in [3.63, 3.8) is 0 Å². The number of hydrogen-bond acceptors (Lipinski definition) is 4. The zero-order chi connectivity index (χ0) is 13.1. The van der Waals surface area contributed by atoms with Gasteiger partial charge in [0.15, 0.2) is 0 Å². The minimum Gasteiger partial charge on any atom is -0.467 e. The molecule has 94 valence electrons. The van der Waals surface area contributed by atoms with Crippen LogP contribution in [0.3, 0.4) is 0 Å². The molecule has 0 saturated carbocycles. The number of furan rings is 1. The monoisotopic (exact) mass is 246 g/mol. The van der Waals surface area contributed by atoms with Gasteiger partial charge in [0.1, 0.15) is 5.76 Å². The lowest BCUT2D eigenvalue weighted by atomic mass is 10.1. The average Bonchev–Trinajstić information content (AvgIpc) is 2.73. The maximum atomic E-state index is 10.7. The molecule has 0 aliphatic carbocycles. The number of nitrogens with one attached hydrogen (secondary N) is 1. The number of nitro benzene ring substituents is 1. The quantitative estimate of drug-likeness (QED) is 0.663. The largest absolute Gasteiger partial charge is 0.467 e. The van der Waals surface area contributed by atoms with Gasteiger partial charge in [0.2, 0.25) is 0 Å². The smallest absolute Gasteiger partial charge is 0.271 e. The van der Waals surface area contributed by atoms with E-state index in [0.717, 1.165) is 22.6 Å². The number of non-ortho nitro benzene ring substituents is 1. The van der Waals surface area contributed by atoms with Crippen LogP contribution in [0, 0.1) is 24.0 Å². The molecule has 0 fully saturated rings. The molecule has 1 N–H and O–H groups in total. The average molecular weight is 246 g/mol. The minimum atomic E-state index is -0.400. The lowest BCUT2D eigenvalue weighted by molar-refractivity contribution is -0.384. The molecule has 0 spiro atoms. The fraction of sp³-hybridized carbons (Fsp3) is 0.231. The van der Waals surface area contributed by atoms with E-state index in [0.29, 0.717) is 6.54 Å². The summed E-state index contributed by atoms with van der Waals surface area (Å²) in [4.78, 5) is 10.3. The lowest BCUT2D eigenvalue weighted by Gasteiger charge is -2.08. The van der Waals surface area contributed by atoms with Gasteiger partial charge in [-0.3, -0.25) is 10.1 Å². The van der Waals surface area contributed by atoms with Crippen molar-refractivity contribution in [1.82, 2.24) is 0 Å².